The van der Waals surface area contributed by atoms with Crippen LogP contribution in [0.4, 0.5) is 0 Å². The summed E-state index contributed by atoms with van der Waals surface area (Å²) in [6, 6.07) is 5.88. The van der Waals surface area contributed by atoms with Crippen LogP contribution >= 0.6 is 11.5 Å². The molecule has 4 aliphatic rings. The zero-order chi connectivity index (χ0) is 20.9. The van der Waals surface area contributed by atoms with E-state index in [-0.39, 0.29) is 23.8 Å². The van der Waals surface area contributed by atoms with Crippen LogP contribution in [0.1, 0.15) is 48.9 Å². The van der Waals surface area contributed by atoms with Gasteiger partial charge in [-0.2, -0.15) is 4.37 Å². The number of aromatic nitrogens is 1. The Labute approximate surface area is 179 Å². The highest BCUT2D eigenvalue weighted by molar-refractivity contribution is 7.13. The molecule has 2 aromatic rings. The summed E-state index contributed by atoms with van der Waals surface area (Å²) in [4.78, 5) is 39.8. The van der Waals surface area contributed by atoms with E-state index in [1.807, 2.05) is 23.1 Å². The number of hydrogen-bond donors (Lipinski definition) is 2. The quantitative estimate of drug-likeness (QED) is 0.716. The van der Waals surface area contributed by atoms with Gasteiger partial charge in [0.15, 0.2) is 0 Å². The van der Waals surface area contributed by atoms with Gasteiger partial charge in [-0.1, -0.05) is 6.42 Å². The van der Waals surface area contributed by atoms with Crippen LogP contribution in [-0.4, -0.2) is 46.1 Å². The maximum Gasteiger partial charge on any atom is 0.254 e. The Morgan fingerprint density at radius 1 is 1.27 bits per heavy atom. The molecule has 7 nitrogen and oxygen atoms in total. The standard InChI is InChI=1S/C22H26N4O3S/c23-20(28)22(6-1-7-22)21(29)24-10-15-8-13-2-4-17(15)26(12-13)19(27)14-3-5-18-16(9-14)11-25-30-18/h3,5,9,11,13,15,17H,1-2,4,6-8,10,12H2,(H2,23,28)(H,24,29). The highest BCUT2D eigenvalue weighted by Crippen LogP contribution is 2.42. The molecular formula is C22H26N4O3S. The first kappa shape index (κ1) is 19.5. The minimum Gasteiger partial charge on any atom is -0.369 e. The van der Waals surface area contributed by atoms with Gasteiger partial charge in [-0.05, 0) is 73.7 Å². The second kappa shape index (κ2) is 7.34. The second-order valence-electron chi connectivity index (χ2n) is 9.05. The fourth-order valence-electron chi connectivity index (χ4n) is 5.47. The van der Waals surface area contributed by atoms with Gasteiger partial charge in [-0.3, -0.25) is 14.4 Å². The van der Waals surface area contributed by atoms with E-state index in [2.05, 4.69) is 9.69 Å². The molecule has 0 spiro atoms. The molecule has 6 rings (SSSR count). The van der Waals surface area contributed by atoms with Crippen LogP contribution in [0.25, 0.3) is 10.1 Å². The predicted octanol–water partition coefficient (Wildman–Crippen LogP) is 2.31. The minimum atomic E-state index is -1.02. The summed E-state index contributed by atoms with van der Waals surface area (Å²) in [5, 5.41) is 3.99. The lowest BCUT2D eigenvalue weighted by atomic mass is 9.67. The number of carbonyl (C=O) groups excluding carboxylic acids is 3. The number of carbonyl (C=O) groups is 3. The molecule has 8 heteroatoms. The summed E-state index contributed by atoms with van der Waals surface area (Å²) >= 11 is 1.43. The molecule has 2 saturated heterocycles. The highest BCUT2D eigenvalue weighted by Gasteiger charge is 2.50. The van der Waals surface area contributed by atoms with Crippen molar-refractivity contribution >= 4 is 39.3 Å². The van der Waals surface area contributed by atoms with Gasteiger partial charge >= 0.3 is 0 Å². The Kier molecular flexibility index (Phi) is 4.76. The van der Waals surface area contributed by atoms with Gasteiger partial charge in [0.1, 0.15) is 5.41 Å². The van der Waals surface area contributed by atoms with Crippen molar-refractivity contribution in [3.05, 3.63) is 30.0 Å². The van der Waals surface area contributed by atoms with E-state index in [1.165, 1.54) is 11.5 Å². The average Bonchev–Trinajstić information content (AvgIpc) is 3.18. The third kappa shape index (κ3) is 3.09. The number of piperidine rings is 2. The molecule has 0 radical (unpaired) electrons. The molecule has 3 atom stereocenters. The van der Waals surface area contributed by atoms with E-state index in [1.54, 1.807) is 6.20 Å². The Morgan fingerprint density at radius 3 is 2.80 bits per heavy atom. The van der Waals surface area contributed by atoms with Gasteiger partial charge in [0.25, 0.3) is 5.91 Å². The first-order valence-electron chi connectivity index (χ1n) is 10.7. The van der Waals surface area contributed by atoms with E-state index in [4.69, 9.17) is 5.73 Å². The molecule has 2 saturated carbocycles. The van der Waals surface area contributed by atoms with Crippen LogP contribution in [0.3, 0.4) is 0 Å². The van der Waals surface area contributed by atoms with Crippen LogP contribution in [0.15, 0.2) is 24.4 Å². The van der Waals surface area contributed by atoms with Crippen LogP contribution in [0, 0.1) is 17.3 Å². The maximum absolute atomic E-state index is 13.3. The smallest absolute Gasteiger partial charge is 0.254 e. The van der Waals surface area contributed by atoms with Crippen LogP contribution < -0.4 is 11.1 Å². The van der Waals surface area contributed by atoms with E-state index >= 15 is 0 Å². The summed E-state index contributed by atoms with van der Waals surface area (Å²) in [5.74, 6) is -0.0351. The Bertz CT molecular complexity index is 1010. The molecule has 30 heavy (non-hydrogen) atoms. The molecule has 3 amide bonds. The SMILES string of the molecule is NC(=O)C1(C(=O)NCC2CC3CCC2N(C(=O)c2ccc4sncc4c2)C3)CCC1. The Morgan fingerprint density at radius 2 is 2.10 bits per heavy atom. The van der Waals surface area contributed by atoms with E-state index in [0.717, 1.165) is 42.3 Å². The molecular weight excluding hydrogens is 400 g/mol. The molecule has 3 heterocycles. The van der Waals surface area contributed by atoms with Gasteiger partial charge in [0.05, 0.1) is 4.70 Å². The van der Waals surface area contributed by atoms with E-state index in [9.17, 15) is 14.4 Å². The van der Waals surface area contributed by atoms with Crippen molar-refractivity contribution in [2.24, 2.45) is 23.0 Å². The van der Waals surface area contributed by atoms with Crippen molar-refractivity contribution in [2.75, 3.05) is 13.1 Å². The largest absolute Gasteiger partial charge is 0.369 e. The van der Waals surface area contributed by atoms with E-state index in [0.29, 0.717) is 30.9 Å². The summed E-state index contributed by atoms with van der Waals surface area (Å²) in [6.45, 7) is 1.27. The number of amides is 3. The van der Waals surface area contributed by atoms with Crippen LogP contribution in [0.2, 0.25) is 0 Å². The molecule has 2 aliphatic heterocycles. The number of primary amides is 1. The fourth-order valence-corrected chi connectivity index (χ4v) is 6.09. The van der Waals surface area contributed by atoms with Gasteiger partial charge in [-0.15, -0.1) is 0 Å². The topological polar surface area (TPSA) is 105 Å². The Hall–Kier alpha value is -2.48. The normalized spacial score (nSPS) is 26.9. The van der Waals surface area contributed by atoms with Crippen LogP contribution in [0.5, 0.6) is 0 Å². The maximum atomic E-state index is 13.3. The van der Waals surface area contributed by atoms with Crippen LogP contribution in [-0.2, 0) is 9.59 Å². The number of rotatable bonds is 5. The molecule has 3 unspecified atom stereocenters. The van der Waals surface area contributed by atoms with Gasteiger partial charge in [0.2, 0.25) is 11.8 Å². The molecule has 4 fully saturated rings. The summed E-state index contributed by atoms with van der Waals surface area (Å²) in [5.41, 5.74) is 5.18. The highest BCUT2D eigenvalue weighted by atomic mass is 32.1. The first-order chi connectivity index (χ1) is 14.5. The molecule has 3 N–H and O–H groups in total. The summed E-state index contributed by atoms with van der Waals surface area (Å²) in [7, 11) is 0. The number of nitrogens with zero attached hydrogens (tertiary/aromatic N) is 2. The number of hydrogen-bond acceptors (Lipinski definition) is 5. The predicted molar refractivity (Wildman–Crippen MR) is 114 cm³/mol. The van der Waals surface area contributed by atoms with E-state index < -0.39 is 11.3 Å². The molecule has 2 bridgehead atoms. The van der Waals surface area contributed by atoms with Gasteiger partial charge in [-0.25, -0.2) is 0 Å². The van der Waals surface area contributed by atoms with Crippen molar-refractivity contribution < 1.29 is 14.4 Å². The monoisotopic (exact) mass is 426 g/mol. The number of nitrogens with one attached hydrogen (secondary N) is 1. The summed E-state index contributed by atoms with van der Waals surface area (Å²) in [6.07, 6.45) is 6.82. The van der Waals surface area contributed by atoms with Crippen molar-refractivity contribution in [1.29, 1.82) is 0 Å². The average molecular weight is 427 g/mol. The van der Waals surface area contributed by atoms with Gasteiger partial charge in [0, 0.05) is 36.3 Å². The van der Waals surface area contributed by atoms with Gasteiger partial charge < -0.3 is 16.0 Å². The third-order valence-electron chi connectivity index (χ3n) is 7.40. The molecule has 1 aromatic carbocycles. The van der Waals surface area contributed by atoms with Crippen molar-refractivity contribution in [3.8, 4) is 0 Å². The zero-order valence-corrected chi connectivity index (χ0v) is 17.6. The molecule has 1 aromatic heterocycles. The number of nitrogens with two attached hydrogens (primary N) is 1. The fraction of sp³-hybridized carbons (Fsp3) is 0.545. The minimum absolute atomic E-state index is 0.0569. The third-order valence-corrected chi connectivity index (χ3v) is 8.18. The lowest BCUT2D eigenvalue weighted by Crippen LogP contribution is -2.59. The Balaban J connectivity index is 1.29. The number of fused-ring (bicyclic) bond motifs is 4. The first-order valence-corrected chi connectivity index (χ1v) is 11.5. The molecule has 158 valence electrons. The summed E-state index contributed by atoms with van der Waals surface area (Å²) < 4.78 is 5.27. The van der Waals surface area contributed by atoms with Crippen molar-refractivity contribution in [1.82, 2.24) is 14.6 Å². The zero-order valence-electron chi connectivity index (χ0n) is 16.8. The van der Waals surface area contributed by atoms with Crippen molar-refractivity contribution in [2.45, 2.75) is 44.6 Å². The lowest BCUT2D eigenvalue weighted by Gasteiger charge is -2.50. The lowest BCUT2D eigenvalue weighted by molar-refractivity contribution is -0.147. The number of benzene rings is 1. The molecule has 2 aliphatic carbocycles. The second-order valence-corrected chi connectivity index (χ2v) is 9.89. The van der Waals surface area contributed by atoms with Crippen molar-refractivity contribution in [3.63, 3.8) is 0 Å².